The zero-order valence-electron chi connectivity index (χ0n) is 16.7. The second kappa shape index (κ2) is 8.25. The van der Waals surface area contributed by atoms with Gasteiger partial charge < -0.3 is 14.8 Å². The van der Waals surface area contributed by atoms with E-state index in [4.69, 9.17) is 9.47 Å². The van der Waals surface area contributed by atoms with Gasteiger partial charge in [0.2, 0.25) is 10.0 Å². The summed E-state index contributed by atoms with van der Waals surface area (Å²) in [6.07, 6.45) is 1.91. The van der Waals surface area contributed by atoms with Crippen LogP contribution in [0.1, 0.15) is 31.1 Å². The van der Waals surface area contributed by atoms with Gasteiger partial charge in [0.15, 0.2) is 11.5 Å². The average molecular weight is 437 g/mol. The summed E-state index contributed by atoms with van der Waals surface area (Å²) in [6, 6.07) is 9.39. The Morgan fingerprint density at radius 2 is 1.62 bits per heavy atom. The van der Waals surface area contributed by atoms with E-state index in [-0.39, 0.29) is 10.8 Å². The highest BCUT2D eigenvalue weighted by molar-refractivity contribution is 7.98. The maximum Gasteiger partial charge on any atom is 0.255 e. The first-order valence-electron chi connectivity index (χ1n) is 9.02. The Bertz CT molecular complexity index is 1010. The van der Waals surface area contributed by atoms with E-state index < -0.39 is 15.6 Å². The monoisotopic (exact) mass is 436 g/mol. The van der Waals surface area contributed by atoms with E-state index in [9.17, 15) is 13.2 Å². The Morgan fingerprint density at radius 1 is 1.03 bits per heavy atom. The van der Waals surface area contributed by atoms with Gasteiger partial charge in [-0.2, -0.15) is 0 Å². The van der Waals surface area contributed by atoms with Crippen LogP contribution in [0.5, 0.6) is 11.5 Å². The quantitative estimate of drug-likeness (QED) is 0.697. The Labute approximate surface area is 175 Å². The van der Waals surface area contributed by atoms with E-state index in [0.29, 0.717) is 36.0 Å². The number of hydrogen-bond donors (Lipinski definition) is 2. The van der Waals surface area contributed by atoms with Crippen LogP contribution in [0.25, 0.3) is 0 Å². The van der Waals surface area contributed by atoms with E-state index in [1.165, 1.54) is 36.0 Å². The first-order chi connectivity index (χ1) is 13.6. The van der Waals surface area contributed by atoms with Crippen LogP contribution in [0.15, 0.2) is 46.2 Å². The predicted molar refractivity (Wildman–Crippen MR) is 114 cm³/mol. The van der Waals surface area contributed by atoms with E-state index in [1.807, 2.05) is 12.3 Å². The SMILES string of the molecule is CSc1cc2c(cc1NC(=O)c1ccc(S(=O)(=O)NC(C)(C)C)cc1)OCCO2. The van der Waals surface area contributed by atoms with Crippen LogP contribution in [-0.4, -0.2) is 39.3 Å². The van der Waals surface area contributed by atoms with Gasteiger partial charge in [0.05, 0.1) is 10.6 Å². The molecule has 9 heteroatoms. The number of anilines is 1. The number of carbonyl (C=O) groups excluding carboxylic acids is 1. The summed E-state index contributed by atoms with van der Waals surface area (Å²) in [5, 5.41) is 2.86. The molecule has 0 saturated carbocycles. The van der Waals surface area contributed by atoms with Crippen LogP contribution in [0, 0.1) is 0 Å². The minimum atomic E-state index is -3.66. The highest BCUT2D eigenvalue weighted by Gasteiger charge is 2.22. The van der Waals surface area contributed by atoms with Crippen molar-refractivity contribution in [1.82, 2.24) is 4.72 Å². The molecule has 0 saturated heterocycles. The van der Waals surface area contributed by atoms with E-state index in [0.717, 1.165) is 4.90 Å². The summed E-state index contributed by atoms with van der Waals surface area (Å²) < 4.78 is 38.5. The van der Waals surface area contributed by atoms with Crippen LogP contribution < -0.4 is 19.5 Å². The van der Waals surface area contributed by atoms with Crippen molar-refractivity contribution >= 4 is 33.4 Å². The van der Waals surface area contributed by atoms with Crippen molar-refractivity contribution in [2.45, 2.75) is 36.1 Å². The number of ether oxygens (including phenoxy) is 2. The molecular formula is C20H24N2O5S2. The largest absolute Gasteiger partial charge is 0.486 e. The van der Waals surface area contributed by atoms with Gasteiger partial charge in [-0.05, 0) is 57.4 Å². The topological polar surface area (TPSA) is 93.7 Å². The summed E-state index contributed by atoms with van der Waals surface area (Å²) >= 11 is 1.48. The molecule has 0 bridgehead atoms. The fourth-order valence-electron chi connectivity index (χ4n) is 2.78. The number of rotatable bonds is 5. The van der Waals surface area contributed by atoms with Gasteiger partial charge in [0.25, 0.3) is 5.91 Å². The first-order valence-corrected chi connectivity index (χ1v) is 11.7. The normalized spacial score (nSPS) is 13.8. The summed E-state index contributed by atoms with van der Waals surface area (Å²) in [5.74, 6) is 0.892. The van der Waals surface area contributed by atoms with Gasteiger partial charge >= 0.3 is 0 Å². The van der Waals surface area contributed by atoms with Gasteiger partial charge in [0, 0.05) is 22.1 Å². The summed E-state index contributed by atoms with van der Waals surface area (Å²) in [6.45, 7) is 6.25. The molecule has 7 nitrogen and oxygen atoms in total. The molecule has 0 radical (unpaired) electrons. The van der Waals surface area contributed by atoms with Gasteiger partial charge in [-0.25, -0.2) is 13.1 Å². The molecule has 0 aliphatic carbocycles. The number of hydrogen-bond acceptors (Lipinski definition) is 6. The van der Waals surface area contributed by atoms with Crippen molar-refractivity contribution in [2.24, 2.45) is 0 Å². The van der Waals surface area contributed by atoms with Crippen molar-refractivity contribution in [3.05, 3.63) is 42.0 Å². The van der Waals surface area contributed by atoms with Gasteiger partial charge in [0.1, 0.15) is 13.2 Å². The Hall–Kier alpha value is -2.23. The van der Waals surface area contributed by atoms with E-state index in [2.05, 4.69) is 10.0 Å². The molecule has 156 valence electrons. The molecule has 1 aliphatic heterocycles. The number of amides is 1. The maximum atomic E-state index is 12.7. The molecule has 0 spiro atoms. The van der Waals surface area contributed by atoms with Crippen LogP contribution in [-0.2, 0) is 10.0 Å². The van der Waals surface area contributed by atoms with Crippen molar-refractivity contribution < 1.29 is 22.7 Å². The molecule has 29 heavy (non-hydrogen) atoms. The lowest BCUT2D eigenvalue weighted by Crippen LogP contribution is -2.40. The number of carbonyl (C=O) groups is 1. The molecule has 1 heterocycles. The molecule has 1 aliphatic rings. The lowest BCUT2D eigenvalue weighted by atomic mass is 10.1. The molecule has 0 unspecified atom stereocenters. The second-order valence-corrected chi connectivity index (χ2v) is 10.1. The van der Waals surface area contributed by atoms with Gasteiger partial charge in [-0.1, -0.05) is 0 Å². The molecular weight excluding hydrogens is 412 g/mol. The standard InChI is InChI=1S/C20H24N2O5S2/c1-20(2,3)22-29(24,25)14-7-5-13(6-8-14)19(23)21-15-11-16-17(12-18(15)28-4)27-10-9-26-16/h5-8,11-12,22H,9-10H2,1-4H3,(H,21,23). The molecule has 0 aromatic heterocycles. The van der Waals surface area contributed by atoms with Crippen LogP contribution in [0.4, 0.5) is 5.69 Å². The van der Waals surface area contributed by atoms with Crippen molar-refractivity contribution in [2.75, 3.05) is 24.8 Å². The second-order valence-electron chi connectivity index (χ2n) is 7.53. The third-order valence-corrected chi connectivity index (χ3v) is 6.53. The molecule has 0 fully saturated rings. The van der Waals surface area contributed by atoms with Crippen molar-refractivity contribution in [3.63, 3.8) is 0 Å². The molecule has 3 rings (SSSR count). The van der Waals surface area contributed by atoms with Crippen LogP contribution in [0.3, 0.4) is 0 Å². The van der Waals surface area contributed by atoms with Crippen LogP contribution >= 0.6 is 11.8 Å². The van der Waals surface area contributed by atoms with Crippen molar-refractivity contribution in [3.8, 4) is 11.5 Å². The molecule has 2 N–H and O–H groups in total. The number of thioether (sulfide) groups is 1. The molecule has 0 atom stereocenters. The van der Waals surface area contributed by atoms with Crippen LogP contribution in [0.2, 0.25) is 0 Å². The smallest absolute Gasteiger partial charge is 0.255 e. The van der Waals surface area contributed by atoms with Gasteiger partial charge in [-0.15, -0.1) is 11.8 Å². The number of benzene rings is 2. The highest BCUT2D eigenvalue weighted by Crippen LogP contribution is 2.39. The maximum absolute atomic E-state index is 12.7. The zero-order valence-corrected chi connectivity index (χ0v) is 18.4. The zero-order chi connectivity index (χ0) is 21.2. The van der Waals surface area contributed by atoms with E-state index in [1.54, 1.807) is 26.8 Å². The fraction of sp³-hybridized carbons (Fsp3) is 0.350. The number of nitrogens with one attached hydrogen (secondary N) is 2. The first kappa shape index (κ1) is 21.5. The number of sulfonamides is 1. The number of fused-ring (bicyclic) bond motifs is 1. The summed E-state index contributed by atoms with van der Waals surface area (Å²) in [4.78, 5) is 13.6. The Kier molecular flexibility index (Phi) is 6.11. The fourth-order valence-corrected chi connectivity index (χ4v) is 4.75. The summed E-state index contributed by atoms with van der Waals surface area (Å²) in [5.41, 5.74) is 0.362. The third kappa shape index (κ3) is 5.23. The Morgan fingerprint density at radius 3 is 2.17 bits per heavy atom. The average Bonchev–Trinajstić information content (AvgIpc) is 2.65. The van der Waals surface area contributed by atoms with Gasteiger partial charge in [-0.3, -0.25) is 4.79 Å². The lowest BCUT2D eigenvalue weighted by Gasteiger charge is -2.21. The molecule has 2 aromatic rings. The third-order valence-electron chi connectivity index (χ3n) is 3.98. The summed E-state index contributed by atoms with van der Waals surface area (Å²) in [7, 11) is -3.66. The van der Waals surface area contributed by atoms with Crippen molar-refractivity contribution in [1.29, 1.82) is 0 Å². The molecule has 1 amide bonds. The predicted octanol–water partition coefficient (Wildman–Crippen LogP) is 3.51. The Balaban J connectivity index is 1.80. The molecule has 2 aromatic carbocycles. The van der Waals surface area contributed by atoms with E-state index >= 15 is 0 Å². The highest BCUT2D eigenvalue weighted by atomic mass is 32.2. The minimum absolute atomic E-state index is 0.105. The lowest BCUT2D eigenvalue weighted by molar-refractivity contribution is 0.102. The minimum Gasteiger partial charge on any atom is -0.486 e.